The largest absolute Gasteiger partial charge is 0.493 e. The number of hydrogen-bond acceptors (Lipinski definition) is 10. The van der Waals surface area contributed by atoms with Gasteiger partial charge in [-0.05, 0) is 99.1 Å². The number of aryl methyl sites for hydroxylation is 2. The molecule has 0 fully saturated rings. The van der Waals surface area contributed by atoms with Crippen LogP contribution in [0.4, 0.5) is 13.2 Å². The van der Waals surface area contributed by atoms with Crippen LogP contribution >= 0.6 is 0 Å². The minimum absolute atomic E-state index is 0.00532. The summed E-state index contributed by atoms with van der Waals surface area (Å²) in [6.45, 7) is 5.62. The zero-order valence-electron chi connectivity index (χ0n) is 26.0. The summed E-state index contributed by atoms with van der Waals surface area (Å²) in [7, 11) is -8.62. The maximum absolute atomic E-state index is 13.7. The molecule has 0 unspecified atom stereocenters. The highest BCUT2D eigenvalue weighted by atomic mass is 32.2. The number of rotatable bonds is 14. The van der Waals surface area contributed by atoms with E-state index in [1.165, 1.54) is 48.5 Å². The SMILES string of the molecule is C/C(=N/OS(=O)(=O)c1ccc(C)cc1)c1ccc(OCCCOc2ccc(/C(=N\OS(=O)(=O)c3ccc(C)cc3)C(F)(F)F)cc2)cc1. The molecule has 0 atom stereocenters. The summed E-state index contributed by atoms with van der Waals surface area (Å²) in [5.74, 6) is 0.814. The van der Waals surface area contributed by atoms with Crippen molar-refractivity contribution in [2.75, 3.05) is 13.2 Å². The quantitative estimate of drug-likeness (QED) is 0.0783. The number of hydrogen-bond donors (Lipinski definition) is 0. The Morgan fingerprint density at radius 3 is 1.42 bits per heavy atom. The van der Waals surface area contributed by atoms with Crippen molar-refractivity contribution in [3.05, 3.63) is 119 Å². The molecule has 4 aromatic carbocycles. The van der Waals surface area contributed by atoms with Gasteiger partial charge in [0.15, 0.2) is 5.71 Å². The van der Waals surface area contributed by atoms with Gasteiger partial charge in [-0.2, -0.15) is 30.0 Å². The summed E-state index contributed by atoms with van der Waals surface area (Å²) in [6.07, 6.45) is -4.56. The number of halogens is 3. The van der Waals surface area contributed by atoms with Crippen molar-refractivity contribution in [3.8, 4) is 11.5 Å². The van der Waals surface area contributed by atoms with Gasteiger partial charge in [0.2, 0.25) is 0 Å². The second-order valence-corrected chi connectivity index (χ2v) is 13.5. The van der Waals surface area contributed by atoms with Gasteiger partial charge in [0, 0.05) is 12.0 Å². The van der Waals surface area contributed by atoms with Crippen LogP contribution in [0, 0.1) is 13.8 Å². The van der Waals surface area contributed by atoms with Crippen LogP contribution in [0.25, 0.3) is 0 Å². The van der Waals surface area contributed by atoms with Crippen LogP contribution in [-0.2, 0) is 28.8 Å². The third kappa shape index (κ3) is 10.1. The Bertz CT molecular complexity index is 1960. The third-order valence-electron chi connectivity index (χ3n) is 6.61. The molecular formula is C33H31F3N2O8S2. The van der Waals surface area contributed by atoms with E-state index in [4.69, 9.17) is 13.8 Å². The molecule has 0 radical (unpaired) electrons. The Morgan fingerprint density at radius 1 is 0.604 bits per heavy atom. The molecule has 0 saturated heterocycles. The zero-order valence-corrected chi connectivity index (χ0v) is 27.6. The monoisotopic (exact) mass is 704 g/mol. The molecule has 0 spiro atoms. The van der Waals surface area contributed by atoms with Crippen LogP contribution in [-0.4, -0.2) is 47.6 Å². The first-order valence-electron chi connectivity index (χ1n) is 14.3. The third-order valence-corrected chi connectivity index (χ3v) is 8.85. The molecule has 0 aliphatic heterocycles. The van der Waals surface area contributed by atoms with Crippen LogP contribution in [0.2, 0.25) is 0 Å². The van der Waals surface area contributed by atoms with Crippen molar-refractivity contribution in [2.24, 2.45) is 10.3 Å². The Hall–Kier alpha value is -4.89. The Kier molecular flexibility index (Phi) is 11.5. The van der Waals surface area contributed by atoms with Gasteiger partial charge >= 0.3 is 26.4 Å². The van der Waals surface area contributed by atoms with E-state index in [0.29, 0.717) is 23.4 Å². The van der Waals surface area contributed by atoms with Crippen molar-refractivity contribution < 1.29 is 48.0 Å². The van der Waals surface area contributed by atoms with E-state index < -0.39 is 37.7 Å². The van der Waals surface area contributed by atoms with Gasteiger partial charge in [0.05, 0.1) is 18.9 Å². The summed E-state index contributed by atoms with van der Waals surface area (Å²) in [4.78, 5) is -0.336. The highest BCUT2D eigenvalue weighted by Crippen LogP contribution is 2.26. The summed E-state index contributed by atoms with van der Waals surface area (Å²) < 4.78 is 111. The summed E-state index contributed by atoms with van der Waals surface area (Å²) in [5, 5.41) is 6.69. The van der Waals surface area contributed by atoms with Gasteiger partial charge in [-0.1, -0.05) is 45.7 Å². The Labute approximate surface area is 276 Å². The van der Waals surface area contributed by atoms with Crippen molar-refractivity contribution in [3.63, 3.8) is 0 Å². The van der Waals surface area contributed by atoms with Gasteiger partial charge in [-0.3, -0.25) is 8.57 Å². The lowest BCUT2D eigenvalue weighted by atomic mass is 10.1. The molecule has 0 heterocycles. The first-order valence-corrected chi connectivity index (χ1v) is 17.1. The van der Waals surface area contributed by atoms with Crippen molar-refractivity contribution in [1.29, 1.82) is 0 Å². The number of alkyl halides is 3. The van der Waals surface area contributed by atoms with Gasteiger partial charge in [-0.25, -0.2) is 0 Å². The summed E-state index contributed by atoms with van der Waals surface area (Å²) >= 11 is 0. The van der Waals surface area contributed by atoms with Gasteiger partial charge in [-0.15, -0.1) is 0 Å². The molecule has 0 bridgehead atoms. The normalized spacial score (nSPS) is 12.8. The van der Waals surface area contributed by atoms with Crippen LogP contribution in [0.3, 0.4) is 0 Å². The smallest absolute Gasteiger partial charge is 0.437 e. The predicted molar refractivity (Wildman–Crippen MR) is 172 cm³/mol. The van der Waals surface area contributed by atoms with E-state index in [-0.39, 0.29) is 28.8 Å². The second kappa shape index (κ2) is 15.3. The average Bonchev–Trinajstić information content (AvgIpc) is 3.04. The first-order chi connectivity index (χ1) is 22.6. The predicted octanol–water partition coefficient (Wildman–Crippen LogP) is 6.95. The lowest BCUT2D eigenvalue weighted by Crippen LogP contribution is -2.25. The standard InChI is InChI=1S/C33H31F3N2O8S2/c1-23-5-17-30(18-6-23)47(39,40)45-37-25(3)26-9-13-28(14-10-26)43-21-4-22-44-29-15-11-27(12-16-29)32(33(34,35)36)38-46-48(41,42)31-19-7-24(2)8-20-31/h5-20H,4,21-22H2,1-3H3/b37-25-,38-32+. The fourth-order valence-corrected chi connectivity index (χ4v) is 5.44. The molecule has 0 aromatic heterocycles. The van der Waals surface area contributed by atoms with Crippen molar-refractivity contribution in [2.45, 2.75) is 43.2 Å². The lowest BCUT2D eigenvalue weighted by Gasteiger charge is -2.12. The lowest BCUT2D eigenvalue weighted by molar-refractivity contribution is -0.0597. The fourth-order valence-electron chi connectivity index (χ4n) is 3.95. The van der Waals surface area contributed by atoms with Crippen molar-refractivity contribution in [1.82, 2.24) is 0 Å². The maximum atomic E-state index is 13.7. The number of benzene rings is 4. The molecule has 10 nitrogen and oxygen atoms in total. The van der Waals surface area contributed by atoms with Crippen LogP contribution < -0.4 is 9.47 Å². The highest BCUT2D eigenvalue weighted by molar-refractivity contribution is 7.87. The molecule has 15 heteroatoms. The van der Waals surface area contributed by atoms with E-state index in [0.717, 1.165) is 23.3 Å². The molecule has 48 heavy (non-hydrogen) atoms. The van der Waals surface area contributed by atoms with Crippen LogP contribution in [0.15, 0.2) is 117 Å². The molecule has 0 amide bonds. The van der Waals surface area contributed by atoms with Gasteiger partial charge in [0.25, 0.3) is 0 Å². The second-order valence-electron chi connectivity index (χ2n) is 10.4. The molecule has 0 aliphatic carbocycles. The molecule has 4 aromatic rings. The van der Waals surface area contributed by atoms with Crippen LogP contribution in [0.5, 0.6) is 11.5 Å². The minimum atomic E-state index is -5.00. The van der Waals surface area contributed by atoms with Crippen LogP contribution in [0.1, 0.15) is 35.6 Å². The number of ether oxygens (including phenoxy) is 2. The van der Waals surface area contributed by atoms with Crippen molar-refractivity contribution >= 4 is 31.7 Å². The molecular weight excluding hydrogens is 673 g/mol. The molecule has 0 saturated carbocycles. The van der Waals surface area contributed by atoms with Gasteiger partial charge in [0.1, 0.15) is 21.3 Å². The molecule has 254 valence electrons. The molecule has 0 N–H and O–H groups in total. The summed E-state index contributed by atoms with van der Waals surface area (Å²) in [6, 6.07) is 23.1. The highest BCUT2D eigenvalue weighted by Gasteiger charge is 2.38. The minimum Gasteiger partial charge on any atom is -0.493 e. The number of oxime groups is 2. The van der Waals surface area contributed by atoms with E-state index in [9.17, 15) is 30.0 Å². The number of nitrogens with zero attached hydrogens (tertiary/aromatic N) is 2. The summed E-state index contributed by atoms with van der Waals surface area (Å²) in [5.41, 5.74) is 0.685. The first kappa shape index (κ1) is 36.0. The van der Waals surface area contributed by atoms with E-state index in [1.54, 1.807) is 50.2 Å². The van der Waals surface area contributed by atoms with E-state index >= 15 is 0 Å². The maximum Gasteiger partial charge on any atom is 0.437 e. The van der Waals surface area contributed by atoms with Gasteiger partial charge < -0.3 is 9.47 Å². The van der Waals surface area contributed by atoms with E-state index in [2.05, 4.69) is 14.6 Å². The average molecular weight is 705 g/mol. The Balaban J connectivity index is 1.25. The zero-order chi connectivity index (χ0) is 35.0. The Morgan fingerprint density at radius 2 is 1.00 bits per heavy atom. The molecule has 0 aliphatic rings. The topological polar surface area (TPSA) is 130 Å². The molecule has 4 rings (SSSR count). The fraction of sp³-hybridized carbons (Fsp3) is 0.212. The van der Waals surface area contributed by atoms with E-state index in [1.807, 2.05) is 6.92 Å².